The van der Waals surface area contributed by atoms with Gasteiger partial charge in [0.15, 0.2) is 0 Å². The number of aryl methyl sites for hydroxylation is 1. The van der Waals surface area contributed by atoms with E-state index in [1.807, 2.05) is 11.4 Å². The van der Waals surface area contributed by atoms with Crippen molar-refractivity contribution in [1.29, 1.82) is 0 Å². The molecule has 19 heavy (non-hydrogen) atoms. The molecule has 0 saturated carbocycles. The van der Waals surface area contributed by atoms with Crippen LogP contribution in [0.25, 0.3) is 0 Å². The maximum absolute atomic E-state index is 12.3. The van der Waals surface area contributed by atoms with Gasteiger partial charge in [-0.1, -0.05) is 0 Å². The number of rotatable bonds is 3. The smallest absolute Gasteiger partial charge is 0.227 e. The first-order valence-corrected chi connectivity index (χ1v) is 8.87. The van der Waals surface area contributed by atoms with Gasteiger partial charge in [-0.25, -0.2) is 0 Å². The van der Waals surface area contributed by atoms with Gasteiger partial charge in [-0.15, -0.1) is 22.7 Å². The van der Waals surface area contributed by atoms with Crippen molar-refractivity contribution in [2.75, 3.05) is 0 Å². The minimum Gasteiger partial charge on any atom is -0.351 e. The summed E-state index contributed by atoms with van der Waals surface area (Å²) in [6.45, 7) is 0.618. The molecule has 1 aliphatic carbocycles. The van der Waals surface area contributed by atoms with E-state index in [-0.39, 0.29) is 11.8 Å². The first-order chi connectivity index (χ1) is 9.25. The van der Waals surface area contributed by atoms with Crippen molar-refractivity contribution < 1.29 is 4.79 Å². The van der Waals surface area contributed by atoms with Crippen LogP contribution in [-0.2, 0) is 17.8 Å². The van der Waals surface area contributed by atoms with E-state index in [0.29, 0.717) is 6.54 Å². The molecule has 0 radical (unpaired) electrons. The lowest BCUT2D eigenvalue weighted by Crippen LogP contribution is -2.30. The van der Waals surface area contributed by atoms with Gasteiger partial charge in [0.1, 0.15) is 0 Å². The molecule has 1 N–H and O–H groups in total. The van der Waals surface area contributed by atoms with E-state index in [9.17, 15) is 4.79 Å². The SMILES string of the molecule is O=C(NCc1sccc1Br)C1CCCc2sccc21. The van der Waals surface area contributed by atoms with Gasteiger partial charge >= 0.3 is 0 Å². The highest BCUT2D eigenvalue weighted by molar-refractivity contribution is 9.10. The standard InChI is InChI=1S/C14H14BrNOS2/c15-11-5-7-19-13(11)8-16-14(17)10-2-1-3-12-9(10)4-6-18-12/h4-7,10H,1-3,8H2,(H,16,17). The van der Waals surface area contributed by atoms with E-state index in [1.54, 1.807) is 22.7 Å². The molecule has 2 aromatic heterocycles. The summed E-state index contributed by atoms with van der Waals surface area (Å²) in [5.41, 5.74) is 1.25. The molecule has 0 fully saturated rings. The fourth-order valence-electron chi connectivity index (χ4n) is 2.50. The Morgan fingerprint density at radius 1 is 1.37 bits per heavy atom. The summed E-state index contributed by atoms with van der Waals surface area (Å²) in [7, 11) is 0. The zero-order chi connectivity index (χ0) is 13.2. The molecule has 2 aromatic rings. The molecule has 1 aliphatic rings. The molecule has 1 unspecified atom stereocenters. The van der Waals surface area contributed by atoms with Crippen molar-refractivity contribution in [3.63, 3.8) is 0 Å². The van der Waals surface area contributed by atoms with Gasteiger partial charge in [-0.2, -0.15) is 0 Å². The van der Waals surface area contributed by atoms with Crippen LogP contribution in [0.3, 0.4) is 0 Å². The van der Waals surface area contributed by atoms with Crippen molar-refractivity contribution in [3.8, 4) is 0 Å². The van der Waals surface area contributed by atoms with E-state index < -0.39 is 0 Å². The van der Waals surface area contributed by atoms with E-state index in [4.69, 9.17) is 0 Å². The summed E-state index contributed by atoms with van der Waals surface area (Å²) in [5, 5.41) is 7.21. The third kappa shape index (κ3) is 2.78. The van der Waals surface area contributed by atoms with Crippen LogP contribution < -0.4 is 5.32 Å². The molecular weight excluding hydrogens is 342 g/mol. The Labute approximate surface area is 129 Å². The number of hydrogen-bond acceptors (Lipinski definition) is 3. The third-order valence-corrected chi connectivity index (χ3v) is 6.41. The molecule has 0 spiro atoms. The third-order valence-electron chi connectivity index (χ3n) is 3.48. The second-order valence-corrected chi connectivity index (χ2v) is 7.51. The lowest BCUT2D eigenvalue weighted by Gasteiger charge is -2.21. The Bertz CT molecular complexity index is 590. The average Bonchev–Trinajstić information content (AvgIpc) is 3.04. The first-order valence-electron chi connectivity index (χ1n) is 6.31. The van der Waals surface area contributed by atoms with Gasteiger partial charge in [-0.3, -0.25) is 4.79 Å². The molecule has 0 aromatic carbocycles. The van der Waals surface area contributed by atoms with Crippen LogP contribution in [0.4, 0.5) is 0 Å². The van der Waals surface area contributed by atoms with E-state index in [2.05, 4.69) is 32.7 Å². The molecule has 1 atom stereocenters. The van der Waals surface area contributed by atoms with Gasteiger partial charge in [0.25, 0.3) is 0 Å². The number of carbonyl (C=O) groups is 1. The van der Waals surface area contributed by atoms with Crippen LogP contribution in [-0.4, -0.2) is 5.91 Å². The summed E-state index contributed by atoms with van der Waals surface area (Å²) >= 11 is 6.94. The minimum absolute atomic E-state index is 0.0498. The quantitative estimate of drug-likeness (QED) is 0.873. The van der Waals surface area contributed by atoms with Gasteiger partial charge in [0, 0.05) is 14.2 Å². The molecule has 0 bridgehead atoms. The van der Waals surface area contributed by atoms with Gasteiger partial charge in [0.2, 0.25) is 5.91 Å². The molecule has 3 rings (SSSR count). The lowest BCUT2D eigenvalue weighted by molar-refractivity contribution is -0.123. The molecular formula is C14H14BrNOS2. The highest BCUT2D eigenvalue weighted by Gasteiger charge is 2.27. The highest BCUT2D eigenvalue weighted by atomic mass is 79.9. The summed E-state index contributed by atoms with van der Waals surface area (Å²) in [6.07, 6.45) is 3.22. The van der Waals surface area contributed by atoms with Gasteiger partial charge in [0.05, 0.1) is 12.5 Å². The van der Waals surface area contributed by atoms with E-state index in [1.165, 1.54) is 15.3 Å². The number of carbonyl (C=O) groups excluding carboxylic acids is 1. The summed E-state index contributed by atoms with van der Waals surface area (Å²) in [6, 6.07) is 4.13. The normalized spacial score (nSPS) is 18.1. The zero-order valence-corrected chi connectivity index (χ0v) is 13.5. The Balaban J connectivity index is 1.68. The molecule has 2 heterocycles. The molecule has 1 amide bonds. The van der Waals surface area contributed by atoms with Crippen LogP contribution in [0.15, 0.2) is 27.4 Å². The molecule has 2 nitrogen and oxygen atoms in total. The Morgan fingerprint density at radius 2 is 2.21 bits per heavy atom. The number of fused-ring (bicyclic) bond motifs is 1. The predicted molar refractivity (Wildman–Crippen MR) is 83.9 cm³/mol. The largest absolute Gasteiger partial charge is 0.351 e. The minimum atomic E-state index is 0.0498. The predicted octanol–water partition coefficient (Wildman–Crippen LogP) is 4.31. The fraction of sp³-hybridized carbons (Fsp3) is 0.357. The number of amides is 1. The van der Waals surface area contributed by atoms with Crippen molar-refractivity contribution in [1.82, 2.24) is 5.32 Å². The summed E-state index contributed by atoms with van der Waals surface area (Å²) < 4.78 is 1.08. The van der Waals surface area contributed by atoms with Crippen molar-refractivity contribution in [2.24, 2.45) is 0 Å². The lowest BCUT2D eigenvalue weighted by atomic mass is 9.87. The van der Waals surface area contributed by atoms with Crippen LogP contribution in [0.1, 0.15) is 34.1 Å². The van der Waals surface area contributed by atoms with Crippen LogP contribution >= 0.6 is 38.6 Å². The second kappa shape index (κ2) is 5.77. The maximum Gasteiger partial charge on any atom is 0.227 e. The summed E-state index contributed by atoms with van der Waals surface area (Å²) in [4.78, 5) is 14.9. The van der Waals surface area contributed by atoms with E-state index >= 15 is 0 Å². The molecule has 0 saturated heterocycles. The fourth-order valence-corrected chi connectivity index (χ4v) is 4.92. The molecule has 5 heteroatoms. The zero-order valence-electron chi connectivity index (χ0n) is 10.3. The Morgan fingerprint density at radius 3 is 3.00 bits per heavy atom. The first kappa shape index (κ1) is 13.3. The number of halogens is 1. The van der Waals surface area contributed by atoms with E-state index in [0.717, 1.165) is 23.7 Å². The summed E-state index contributed by atoms with van der Waals surface area (Å²) in [5.74, 6) is 0.216. The van der Waals surface area contributed by atoms with Crippen LogP contribution in [0, 0.1) is 0 Å². The van der Waals surface area contributed by atoms with Gasteiger partial charge in [-0.05, 0) is 63.6 Å². The maximum atomic E-state index is 12.3. The van der Waals surface area contributed by atoms with Crippen molar-refractivity contribution in [2.45, 2.75) is 31.7 Å². The van der Waals surface area contributed by atoms with Crippen LogP contribution in [0.5, 0.6) is 0 Å². The molecule has 0 aliphatic heterocycles. The number of nitrogens with one attached hydrogen (secondary N) is 1. The Hall–Kier alpha value is -0.650. The van der Waals surface area contributed by atoms with Crippen LogP contribution in [0.2, 0.25) is 0 Å². The molecule has 100 valence electrons. The highest BCUT2D eigenvalue weighted by Crippen LogP contribution is 2.35. The number of hydrogen-bond donors (Lipinski definition) is 1. The van der Waals surface area contributed by atoms with Gasteiger partial charge < -0.3 is 5.32 Å². The topological polar surface area (TPSA) is 29.1 Å². The monoisotopic (exact) mass is 355 g/mol. The van der Waals surface area contributed by atoms with Crippen molar-refractivity contribution >= 4 is 44.5 Å². The second-order valence-electron chi connectivity index (χ2n) is 4.65. The Kier molecular flexibility index (Phi) is 4.05. The van der Waals surface area contributed by atoms with Crippen molar-refractivity contribution in [3.05, 3.63) is 42.7 Å². The number of thiophene rings is 2. The average molecular weight is 356 g/mol.